The Hall–Kier alpha value is 1.93. The Morgan fingerprint density at radius 1 is 1.11 bits per heavy atom. The van der Waals surface area contributed by atoms with E-state index in [0.717, 1.165) is 5.88 Å². The van der Waals surface area contributed by atoms with Crippen LogP contribution in [0.15, 0.2) is 0 Å². The first-order chi connectivity index (χ1) is 3.91. The van der Waals surface area contributed by atoms with Gasteiger partial charge in [-0.05, 0) is 6.42 Å². The summed E-state index contributed by atoms with van der Waals surface area (Å²) in [5.41, 5.74) is 0. The van der Waals surface area contributed by atoms with Gasteiger partial charge < -0.3 is 1.43 Å². The van der Waals surface area contributed by atoms with Gasteiger partial charge in [0.05, 0.1) is 0 Å². The molecule has 0 heterocycles. The fourth-order valence-electron chi connectivity index (χ4n) is 0.698. The van der Waals surface area contributed by atoms with Crippen LogP contribution in [0.1, 0.15) is 40.5 Å². The average molecular weight is 175 g/mol. The number of rotatable bonds is 5. The van der Waals surface area contributed by atoms with Crippen LogP contribution in [0.25, 0.3) is 0 Å². The largest absolute Gasteiger partial charge is 1.00 e. The summed E-state index contributed by atoms with van der Waals surface area (Å²) in [6.07, 6.45) is 6.57. The van der Waals surface area contributed by atoms with Crippen LogP contribution < -0.4 is 51.4 Å². The Balaban J connectivity index is -0.000000245. The van der Waals surface area contributed by atoms with Crippen molar-refractivity contribution >= 4 is 11.6 Å². The molecule has 0 nitrogen and oxygen atoms in total. The molecule has 0 spiro atoms. The molecule has 0 aliphatic heterocycles. The van der Waals surface area contributed by atoms with E-state index in [0.29, 0.717) is 0 Å². The summed E-state index contributed by atoms with van der Waals surface area (Å²) in [6, 6.07) is 0. The zero-order valence-corrected chi connectivity index (χ0v) is 10.5. The standard InChI is InChI=1S/C7H15Cl.K.H/c1-2-3-4-5-6-7-8;;/h2-7H2,1H3;;/q;+1;-1. The summed E-state index contributed by atoms with van der Waals surface area (Å²) in [5.74, 6) is 0.837. The molecule has 0 saturated carbocycles. The fraction of sp³-hybridized carbons (Fsp3) is 1.00. The quantitative estimate of drug-likeness (QED) is 0.320. The molecular weight excluding hydrogens is 159 g/mol. The van der Waals surface area contributed by atoms with E-state index in [1.807, 2.05) is 0 Å². The molecule has 0 fully saturated rings. The zero-order valence-electron chi connectivity index (χ0n) is 7.62. The number of halogens is 1. The smallest absolute Gasteiger partial charge is 1.00 e. The Labute approximate surface area is 108 Å². The predicted molar refractivity (Wildman–Crippen MR) is 40.6 cm³/mol. The maximum absolute atomic E-state index is 5.48. The van der Waals surface area contributed by atoms with E-state index in [2.05, 4.69) is 6.92 Å². The van der Waals surface area contributed by atoms with Gasteiger partial charge in [-0.25, -0.2) is 0 Å². The van der Waals surface area contributed by atoms with Gasteiger partial charge in [-0.2, -0.15) is 0 Å². The second kappa shape index (κ2) is 12.6. The maximum atomic E-state index is 5.48. The summed E-state index contributed by atoms with van der Waals surface area (Å²) in [5, 5.41) is 0. The van der Waals surface area contributed by atoms with E-state index in [-0.39, 0.29) is 52.8 Å². The molecule has 0 aliphatic rings. The summed E-state index contributed by atoms with van der Waals surface area (Å²) in [6.45, 7) is 2.22. The maximum Gasteiger partial charge on any atom is 1.00 e. The molecule has 52 valence electrons. The van der Waals surface area contributed by atoms with Crippen molar-refractivity contribution in [3.63, 3.8) is 0 Å². The van der Waals surface area contributed by atoms with E-state index in [9.17, 15) is 0 Å². The van der Waals surface area contributed by atoms with Gasteiger partial charge in [-0.3, -0.25) is 0 Å². The summed E-state index contributed by atoms with van der Waals surface area (Å²) < 4.78 is 0. The van der Waals surface area contributed by atoms with Crippen LogP contribution in [0.4, 0.5) is 0 Å². The molecule has 9 heavy (non-hydrogen) atoms. The third-order valence-corrected chi connectivity index (χ3v) is 1.50. The third kappa shape index (κ3) is 13.0. The van der Waals surface area contributed by atoms with E-state index in [1.54, 1.807) is 0 Å². The van der Waals surface area contributed by atoms with Crippen LogP contribution >= 0.6 is 11.6 Å². The van der Waals surface area contributed by atoms with Gasteiger partial charge in [0.25, 0.3) is 0 Å². The fourth-order valence-corrected chi connectivity index (χ4v) is 0.887. The zero-order chi connectivity index (χ0) is 6.24. The van der Waals surface area contributed by atoms with Crippen molar-refractivity contribution in [2.45, 2.75) is 39.0 Å². The minimum absolute atomic E-state index is 0. The topological polar surface area (TPSA) is 0 Å². The van der Waals surface area contributed by atoms with Gasteiger partial charge in [0.15, 0.2) is 0 Å². The van der Waals surface area contributed by atoms with E-state index < -0.39 is 0 Å². The Kier molecular flexibility index (Phi) is 18.9. The van der Waals surface area contributed by atoms with Crippen LogP contribution in [0.2, 0.25) is 0 Å². The van der Waals surface area contributed by atoms with Crippen molar-refractivity contribution in [2.75, 3.05) is 5.88 Å². The van der Waals surface area contributed by atoms with Crippen LogP contribution in [-0.2, 0) is 0 Å². The molecule has 0 aliphatic carbocycles. The normalized spacial score (nSPS) is 8.67. The Morgan fingerprint density at radius 3 is 2.11 bits per heavy atom. The summed E-state index contributed by atoms with van der Waals surface area (Å²) >= 11 is 5.48. The second-order valence-electron chi connectivity index (χ2n) is 2.10. The molecule has 0 aromatic heterocycles. The second-order valence-corrected chi connectivity index (χ2v) is 2.48. The number of hydrogen-bond donors (Lipinski definition) is 0. The van der Waals surface area contributed by atoms with Crippen LogP contribution in [-0.4, -0.2) is 5.88 Å². The van der Waals surface area contributed by atoms with Crippen molar-refractivity contribution < 1.29 is 52.8 Å². The molecule has 0 atom stereocenters. The van der Waals surface area contributed by atoms with Gasteiger partial charge in [0, 0.05) is 5.88 Å². The molecule has 0 aromatic rings. The average Bonchev–Trinajstić information content (AvgIpc) is 1.81. The number of hydrogen-bond acceptors (Lipinski definition) is 0. The molecule has 0 N–H and O–H groups in total. The minimum atomic E-state index is 0. The van der Waals surface area contributed by atoms with Gasteiger partial charge in [0.1, 0.15) is 0 Å². The first-order valence-electron chi connectivity index (χ1n) is 3.47. The van der Waals surface area contributed by atoms with Crippen molar-refractivity contribution in [3.8, 4) is 0 Å². The molecular formula is C7H16ClK. The first-order valence-corrected chi connectivity index (χ1v) is 4.01. The SMILES string of the molecule is CCCCCCCCl.[H-].[K+]. The molecule has 0 saturated heterocycles. The van der Waals surface area contributed by atoms with Crippen molar-refractivity contribution in [2.24, 2.45) is 0 Å². The summed E-state index contributed by atoms with van der Waals surface area (Å²) in [7, 11) is 0. The van der Waals surface area contributed by atoms with Gasteiger partial charge in [0.2, 0.25) is 0 Å². The van der Waals surface area contributed by atoms with E-state index >= 15 is 0 Å². The van der Waals surface area contributed by atoms with Gasteiger partial charge in [-0.1, -0.05) is 32.6 Å². The molecule has 2 heteroatoms. The molecule has 0 rings (SSSR count). The minimum Gasteiger partial charge on any atom is -1.00 e. The molecule has 0 unspecified atom stereocenters. The third-order valence-electron chi connectivity index (χ3n) is 1.24. The van der Waals surface area contributed by atoms with Crippen molar-refractivity contribution in [3.05, 3.63) is 0 Å². The summed E-state index contributed by atoms with van der Waals surface area (Å²) in [4.78, 5) is 0. The molecule has 0 aromatic carbocycles. The van der Waals surface area contributed by atoms with Crippen molar-refractivity contribution in [1.82, 2.24) is 0 Å². The van der Waals surface area contributed by atoms with Crippen LogP contribution in [0.3, 0.4) is 0 Å². The van der Waals surface area contributed by atoms with Crippen LogP contribution in [0.5, 0.6) is 0 Å². The van der Waals surface area contributed by atoms with Crippen molar-refractivity contribution in [1.29, 1.82) is 0 Å². The van der Waals surface area contributed by atoms with Gasteiger partial charge >= 0.3 is 51.4 Å². The molecule has 0 radical (unpaired) electrons. The monoisotopic (exact) mass is 174 g/mol. The van der Waals surface area contributed by atoms with Gasteiger partial charge in [-0.15, -0.1) is 11.6 Å². The Bertz CT molecular complexity index is 38.6. The number of alkyl halides is 1. The predicted octanol–water partition coefficient (Wildman–Crippen LogP) is 0.312. The Morgan fingerprint density at radius 2 is 1.67 bits per heavy atom. The van der Waals surface area contributed by atoms with E-state index in [4.69, 9.17) is 11.6 Å². The van der Waals surface area contributed by atoms with E-state index in [1.165, 1.54) is 32.1 Å². The first kappa shape index (κ1) is 13.5. The molecule has 0 bridgehead atoms. The number of unbranched alkanes of at least 4 members (excludes halogenated alkanes) is 4. The molecule has 0 amide bonds. The van der Waals surface area contributed by atoms with Crippen LogP contribution in [0, 0.1) is 0 Å².